The Bertz CT molecular complexity index is 576. The van der Waals surface area contributed by atoms with Crippen molar-refractivity contribution in [2.45, 2.75) is 58.2 Å². The molecule has 0 bridgehead atoms. The highest BCUT2D eigenvalue weighted by atomic mass is 16.6. The largest absolute Gasteiger partial charge is 0.548 e. The number of carboxylic acid groups (broad SMARTS) is 1. The summed E-state index contributed by atoms with van der Waals surface area (Å²) in [5, 5.41) is 11.4. The molecule has 1 aromatic carbocycles. The van der Waals surface area contributed by atoms with Crippen LogP contribution < -0.4 is 5.11 Å². The van der Waals surface area contributed by atoms with Crippen molar-refractivity contribution in [2.75, 3.05) is 0 Å². The summed E-state index contributed by atoms with van der Waals surface area (Å²) in [6, 6.07) is 6.52. The Balaban J connectivity index is 2.32. The third-order valence-corrected chi connectivity index (χ3v) is 3.69. The van der Waals surface area contributed by atoms with Crippen molar-refractivity contribution in [3.63, 3.8) is 0 Å². The molecule has 1 heterocycles. The number of hydrogen-bond acceptors (Lipinski definition) is 4. The Kier molecular flexibility index (Phi) is 4.44. The highest BCUT2D eigenvalue weighted by Gasteiger charge is 2.40. The van der Waals surface area contributed by atoms with Gasteiger partial charge in [-0.25, -0.2) is 4.79 Å². The van der Waals surface area contributed by atoms with Crippen molar-refractivity contribution in [2.24, 2.45) is 0 Å². The number of likely N-dealkylation sites (tertiary alicyclic amines) is 1. The lowest BCUT2D eigenvalue weighted by molar-refractivity contribution is -0.310. The van der Waals surface area contributed by atoms with Crippen molar-refractivity contribution < 1.29 is 19.4 Å². The second-order valence-electron chi connectivity index (χ2n) is 6.73. The van der Waals surface area contributed by atoms with Crippen LogP contribution in [0.3, 0.4) is 0 Å². The lowest BCUT2D eigenvalue weighted by Gasteiger charge is -2.33. The van der Waals surface area contributed by atoms with Crippen LogP contribution >= 0.6 is 0 Å². The van der Waals surface area contributed by atoms with Crippen LogP contribution in [0.15, 0.2) is 24.3 Å². The average Bonchev–Trinajstić information content (AvgIpc) is 2.81. The van der Waals surface area contributed by atoms with Gasteiger partial charge < -0.3 is 14.6 Å². The highest BCUT2D eigenvalue weighted by molar-refractivity contribution is 5.80. The Hall–Kier alpha value is -2.04. The third-order valence-electron chi connectivity index (χ3n) is 3.69. The molecule has 0 aliphatic carbocycles. The molecule has 1 aromatic rings. The minimum atomic E-state index is -1.24. The highest BCUT2D eigenvalue weighted by Crippen LogP contribution is 2.37. The number of amides is 1. The minimum Gasteiger partial charge on any atom is -0.548 e. The molecule has 1 aliphatic rings. The second-order valence-corrected chi connectivity index (χ2v) is 6.73. The molecular formula is C17H22NO4-. The van der Waals surface area contributed by atoms with Gasteiger partial charge in [0.15, 0.2) is 0 Å². The van der Waals surface area contributed by atoms with E-state index in [-0.39, 0.29) is 6.04 Å². The molecule has 0 aromatic heterocycles. The van der Waals surface area contributed by atoms with Gasteiger partial charge >= 0.3 is 6.09 Å². The van der Waals surface area contributed by atoms with Gasteiger partial charge in [0, 0.05) is 0 Å². The van der Waals surface area contributed by atoms with Crippen molar-refractivity contribution >= 4 is 12.1 Å². The van der Waals surface area contributed by atoms with Gasteiger partial charge in [-0.1, -0.05) is 29.8 Å². The predicted molar refractivity (Wildman–Crippen MR) is 80.0 cm³/mol. The van der Waals surface area contributed by atoms with Gasteiger partial charge in [0.2, 0.25) is 0 Å². The molecule has 2 unspecified atom stereocenters. The van der Waals surface area contributed by atoms with E-state index in [9.17, 15) is 14.7 Å². The Morgan fingerprint density at radius 1 is 1.27 bits per heavy atom. The molecule has 0 saturated carbocycles. The monoisotopic (exact) mass is 304 g/mol. The summed E-state index contributed by atoms with van der Waals surface area (Å²) in [6.45, 7) is 7.25. The summed E-state index contributed by atoms with van der Waals surface area (Å²) in [6.07, 6.45) is 0.354. The lowest BCUT2D eigenvalue weighted by atomic mass is 10.0. The minimum absolute atomic E-state index is 0.294. The number of aliphatic carboxylic acids is 1. The normalized spacial score (nSPS) is 21.7. The van der Waals surface area contributed by atoms with Crippen LogP contribution in [0.5, 0.6) is 0 Å². The first-order chi connectivity index (χ1) is 10.2. The number of carbonyl (C=O) groups is 2. The quantitative estimate of drug-likeness (QED) is 0.839. The fourth-order valence-corrected chi connectivity index (χ4v) is 2.82. The van der Waals surface area contributed by atoms with Gasteiger partial charge in [-0.3, -0.25) is 4.90 Å². The van der Waals surface area contributed by atoms with E-state index < -0.39 is 23.7 Å². The number of benzene rings is 1. The molecule has 0 N–H and O–H groups in total. The SMILES string of the molecule is Cc1cccc(C2CCC(C(=O)[O-])N2C(=O)OC(C)(C)C)c1. The van der Waals surface area contributed by atoms with E-state index in [0.29, 0.717) is 12.8 Å². The summed E-state index contributed by atoms with van der Waals surface area (Å²) < 4.78 is 5.38. The van der Waals surface area contributed by atoms with Gasteiger partial charge in [-0.15, -0.1) is 0 Å². The van der Waals surface area contributed by atoms with Crippen LogP contribution in [0.1, 0.15) is 50.8 Å². The summed E-state index contributed by atoms with van der Waals surface area (Å²) >= 11 is 0. The molecule has 22 heavy (non-hydrogen) atoms. The predicted octanol–water partition coefficient (Wildman–Crippen LogP) is 2.19. The van der Waals surface area contributed by atoms with E-state index in [1.807, 2.05) is 31.2 Å². The van der Waals surface area contributed by atoms with Crippen molar-refractivity contribution in [3.05, 3.63) is 35.4 Å². The smallest absolute Gasteiger partial charge is 0.411 e. The third kappa shape index (κ3) is 3.59. The fraction of sp³-hybridized carbons (Fsp3) is 0.529. The van der Waals surface area contributed by atoms with Crippen LogP contribution in [0.4, 0.5) is 4.79 Å². The maximum Gasteiger partial charge on any atom is 0.411 e. The molecule has 5 nitrogen and oxygen atoms in total. The van der Waals surface area contributed by atoms with E-state index >= 15 is 0 Å². The average molecular weight is 304 g/mol. The molecule has 5 heteroatoms. The molecule has 1 saturated heterocycles. The van der Waals surface area contributed by atoms with Gasteiger partial charge in [0.1, 0.15) is 5.60 Å². The zero-order valence-electron chi connectivity index (χ0n) is 13.5. The van der Waals surface area contributed by atoms with Crippen molar-refractivity contribution in [1.29, 1.82) is 0 Å². The maximum absolute atomic E-state index is 12.5. The molecule has 2 rings (SSSR count). The summed E-state index contributed by atoms with van der Waals surface area (Å²) in [4.78, 5) is 25.1. The van der Waals surface area contributed by atoms with Gasteiger partial charge in [0.05, 0.1) is 18.1 Å². The number of nitrogens with zero attached hydrogens (tertiary/aromatic N) is 1. The van der Waals surface area contributed by atoms with Gasteiger partial charge in [-0.05, 0) is 46.1 Å². The Morgan fingerprint density at radius 2 is 1.95 bits per heavy atom. The summed E-state index contributed by atoms with van der Waals surface area (Å²) in [5.74, 6) is -1.24. The maximum atomic E-state index is 12.5. The standard InChI is InChI=1S/C17H23NO4/c1-11-6-5-7-12(10-11)13-8-9-14(15(19)20)18(13)16(21)22-17(2,3)4/h5-7,10,13-14H,8-9H2,1-4H3,(H,19,20)/p-1. The first kappa shape index (κ1) is 16.3. The number of ether oxygens (including phenoxy) is 1. The zero-order chi connectivity index (χ0) is 16.5. The Morgan fingerprint density at radius 3 is 2.50 bits per heavy atom. The lowest BCUT2D eigenvalue weighted by Crippen LogP contribution is -2.49. The summed E-state index contributed by atoms with van der Waals surface area (Å²) in [5.41, 5.74) is 1.32. The number of aryl methyl sites for hydroxylation is 1. The zero-order valence-corrected chi connectivity index (χ0v) is 13.5. The van der Waals surface area contributed by atoms with E-state index in [4.69, 9.17) is 4.74 Å². The van der Waals surface area contributed by atoms with E-state index in [0.717, 1.165) is 11.1 Å². The Labute approximate surface area is 130 Å². The molecule has 2 atom stereocenters. The number of carboxylic acids is 1. The van der Waals surface area contributed by atoms with Crippen LogP contribution in [0.25, 0.3) is 0 Å². The molecule has 0 spiro atoms. The number of carbonyl (C=O) groups excluding carboxylic acids is 2. The fourth-order valence-electron chi connectivity index (χ4n) is 2.82. The van der Waals surface area contributed by atoms with Crippen LogP contribution in [-0.2, 0) is 9.53 Å². The number of hydrogen-bond donors (Lipinski definition) is 0. The molecule has 1 aliphatic heterocycles. The van der Waals surface area contributed by atoms with Gasteiger partial charge in [0.25, 0.3) is 0 Å². The summed E-state index contributed by atoms with van der Waals surface area (Å²) in [7, 11) is 0. The first-order valence-electron chi connectivity index (χ1n) is 7.48. The van der Waals surface area contributed by atoms with Crippen molar-refractivity contribution in [1.82, 2.24) is 4.90 Å². The van der Waals surface area contributed by atoms with Crippen LogP contribution in [0, 0.1) is 6.92 Å². The van der Waals surface area contributed by atoms with Crippen LogP contribution in [0.2, 0.25) is 0 Å². The van der Waals surface area contributed by atoms with Crippen LogP contribution in [-0.4, -0.2) is 28.6 Å². The molecule has 1 amide bonds. The topological polar surface area (TPSA) is 69.7 Å². The van der Waals surface area contributed by atoms with Crippen molar-refractivity contribution in [3.8, 4) is 0 Å². The molecule has 0 radical (unpaired) electrons. The number of rotatable bonds is 2. The second kappa shape index (κ2) is 5.99. The van der Waals surface area contributed by atoms with E-state index in [1.165, 1.54) is 4.90 Å². The molecule has 120 valence electrons. The van der Waals surface area contributed by atoms with E-state index in [1.54, 1.807) is 20.8 Å². The van der Waals surface area contributed by atoms with Gasteiger partial charge in [-0.2, -0.15) is 0 Å². The molecular weight excluding hydrogens is 282 g/mol. The van der Waals surface area contributed by atoms with E-state index in [2.05, 4.69) is 0 Å². The first-order valence-corrected chi connectivity index (χ1v) is 7.48. The molecule has 1 fully saturated rings.